The zero-order chi connectivity index (χ0) is 28.1. The van der Waals surface area contributed by atoms with Crippen molar-refractivity contribution < 1.29 is 33.2 Å². The van der Waals surface area contributed by atoms with Crippen LogP contribution in [0, 0.1) is 15.9 Å². The second-order valence-electron chi connectivity index (χ2n) is 8.07. The highest BCUT2D eigenvalue weighted by atomic mass is 35.5. The number of amides is 3. The van der Waals surface area contributed by atoms with Gasteiger partial charge in [0.05, 0.1) is 22.0 Å². The fourth-order valence-electron chi connectivity index (χ4n) is 3.47. The van der Waals surface area contributed by atoms with Crippen molar-refractivity contribution in [1.82, 2.24) is 4.90 Å². The maximum Gasteiger partial charge on any atom is 0.294 e. The third-order valence-corrected chi connectivity index (χ3v) is 6.60. The van der Waals surface area contributed by atoms with Crippen LogP contribution >= 0.6 is 23.4 Å². The molecule has 13 heteroatoms. The van der Waals surface area contributed by atoms with Crippen LogP contribution in [0.4, 0.5) is 20.6 Å². The Hall–Kier alpha value is -4.42. The largest absolute Gasteiger partial charge is 0.493 e. The number of halogens is 2. The van der Waals surface area contributed by atoms with Crippen molar-refractivity contribution in [3.63, 3.8) is 0 Å². The van der Waals surface area contributed by atoms with Crippen LogP contribution in [0.2, 0.25) is 5.02 Å². The van der Waals surface area contributed by atoms with E-state index in [1.807, 2.05) is 0 Å². The van der Waals surface area contributed by atoms with Gasteiger partial charge in [0, 0.05) is 17.8 Å². The lowest BCUT2D eigenvalue weighted by molar-refractivity contribution is -0.384. The highest BCUT2D eigenvalue weighted by Crippen LogP contribution is 2.35. The normalized spacial score (nSPS) is 14.0. The van der Waals surface area contributed by atoms with Crippen molar-refractivity contribution in [2.45, 2.75) is 6.61 Å². The Morgan fingerprint density at radius 2 is 1.87 bits per heavy atom. The Balaban J connectivity index is 1.41. The lowest BCUT2D eigenvalue weighted by Crippen LogP contribution is -2.36. The number of carbonyl (C=O) groups is 3. The zero-order valence-corrected chi connectivity index (χ0v) is 21.8. The van der Waals surface area contributed by atoms with Gasteiger partial charge in [0.25, 0.3) is 16.8 Å². The molecule has 0 bridgehead atoms. The van der Waals surface area contributed by atoms with Crippen molar-refractivity contribution in [1.29, 1.82) is 0 Å². The van der Waals surface area contributed by atoms with Gasteiger partial charge in [-0.1, -0.05) is 17.7 Å². The Morgan fingerprint density at radius 1 is 1.13 bits per heavy atom. The number of methoxy groups -OCH3 is 1. The molecule has 200 valence electrons. The Labute approximate surface area is 230 Å². The number of thioether (sulfide) groups is 1. The van der Waals surface area contributed by atoms with Gasteiger partial charge in [0.1, 0.15) is 19.0 Å². The van der Waals surface area contributed by atoms with E-state index in [9.17, 15) is 28.9 Å². The highest BCUT2D eigenvalue weighted by Gasteiger charge is 2.36. The number of imide groups is 1. The molecule has 3 aromatic carbocycles. The Kier molecular flexibility index (Phi) is 8.47. The van der Waals surface area contributed by atoms with Gasteiger partial charge < -0.3 is 14.8 Å². The number of carbonyl (C=O) groups excluding carboxylic acids is 3. The maximum absolute atomic E-state index is 13.3. The van der Waals surface area contributed by atoms with E-state index in [0.29, 0.717) is 34.4 Å². The molecule has 0 radical (unpaired) electrons. The minimum atomic E-state index is -0.655. The molecule has 3 amide bonds. The number of nitro benzene ring substituents is 1. The highest BCUT2D eigenvalue weighted by molar-refractivity contribution is 8.18. The van der Waals surface area contributed by atoms with Crippen molar-refractivity contribution >= 4 is 57.9 Å². The fourth-order valence-corrected chi connectivity index (χ4v) is 4.49. The van der Waals surface area contributed by atoms with Crippen molar-refractivity contribution in [2.24, 2.45) is 0 Å². The Morgan fingerprint density at radius 3 is 2.54 bits per heavy atom. The molecule has 3 aromatic rings. The monoisotopic (exact) mass is 571 g/mol. The van der Waals surface area contributed by atoms with Crippen LogP contribution in [-0.2, 0) is 16.2 Å². The van der Waals surface area contributed by atoms with Crippen LogP contribution in [0.3, 0.4) is 0 Å². The van der Waals surface area contributed by atoms with Gasteiger partial charge in [0.2, 0.25) is 5.91 Å². The molecule has 0 saturated carbocycles. The standard InChI is InChI=1S/C26H19ClFN3O7S/c1-37-22-10-16(4-9-21(22)38-14-15-2-6-18(7-3-15)31(35)36)11-23-25(33)30(26(34)39-23)13-24(32)29-17-5-8-20(28)19(27)12-17/h2-12H,13-14H2,1H3,(H,29,32)/b23-11+. The molecular weight excluding hydrogens is 553 g/mol. The van der Waals surface area contributed by atoms with E-state index in [1.54, 1.807) is 30.3 Å². The lowest BCUT2D eigenvalue weighted by atomic mass is 10.1. The van der Waals surface area contributed by atoms with Crippen molar-refractivity contribution in [3.8, 4) is 11.5 Å². The molecule has 0 spiro atoms. The summed E-state index contributed by atoms with van der Waals surface area (Å²) in [6.45, 7) is -0.394. The summed E-state index contributed by atoms with van der Waals surface area (Å²) in [5.41, 5.74) is 1.46. The first-order valence-electron chi connectivity index (χ1n) is 11.2. The molecule has 10 nitrogen and oxygen atoms in total. The minimum Gasteiger partial charge on any atom is -0.493 e. The summed E-state index contributed by atoms with van der Waals surface area (Å²) in [5.74, 6) is -1.18. The van der Waals surface area contributed by atoms with E-state index >= 15 is 0 Å². The molecule has 1 saturated heterocycles. The molecule has 1 heterocycles. The van der Waals surface area contributed by atoms with E-state index < -0.39 is 34.3 Å². The molecule has 0 aromatic heterocycles. The third kappa shape index (κ3) is 6.72. The van der Waals surface area contributed by atoms with E-state index in [0.717, 1.165) is 11.0 Å². The van der Waals surface area contributed by atoms with Gasteiger partial charge in [0.15, 0.2) is 11.5 Å². The number of nitrogens with zero attached hydrogens (tertiary/aromatic N) is 2. The van der Waals surface area contributed by atoms with E-state index in [4.69, 9.17) is 21.1 Å². The van der Waals surface area contributed by atoms with Gasteiger partial charge in [-0.3, -0.25) is 29.4 Å². The lowest BCUT2D eigenvalue weighted by Gasteiger charge is -2.13. The quantitative estimate of drug-likeness (QED) is 0.198. The second kappa shape index (κ2) is 12.0. The van der Waals surface area contributed by atoms with Crippen molar-refractivity contribution in [3.05, 3.63) is 97.6 Å². The first-order valence-corrected chi connectivity index (χ1v) is 12.4. The van der Waals surface area contributed by atoms with Crippen LogP contribution < -0.4 is 14.8 Å². The topological polar surface area (TPSA) is 128 Å². The molecular formula is C26H19ClFN3O7S. The van der Waals surface area contributed by atoms with Gasteiger partial charge in [-0.25, -0.2) is 4.39 Å². The summed E-state index contributed by atoms with van der Waals surface area (Å²) in [7, 11) is 1.44. The third-order valence-electron chi connectivity index (χ3n) is 5.41. The molecule has 1 fully saturated rings. The predicted octanol–water partition coefficient (Wildman–Crippen LogP) is 5.65. The summed E-state index contributed by atoms with van der Waals surface area (Å²) in [6, 6.07) is 14.4. The zero-order valence-electron chi connectivity index (χ0n) is 20.2. The Bertz CT molecular complexity index is 1500. The molecule has 1 N–H and O–H groups in total. The number of hydrogen-bond donors (Lipinski definition) is 1. The first-order chi connectivity index (χ1) is 18.6. The molecule has 1 aliphatic heterocycles. The average molecular weight is 572 g/mol. The van der Waals surface area contributed by atoms with Crippen LogP contribution in [0.1, 0.15) is 11.1 Å². The summed E-state index contributed by atoms with van der Waals surface area (Å²) < 4.78 is 24.5. The van der Waals surface area contributed by atoms with Crippen LogP contribution in [0.15, 0.2) is 65.6 Å². The summed E-state index contributed by atoms with van der Waals surface area (Å²) in [4.78, 5) is 48.8. The number of ether oxygens (including phenoxy) is 2. The molecule has 0 atom stereocenters. The number of non-ortho nitro benzene ring substituents is 1. The molecule has 4 rings (SSSR count). The van der Waals surface area contributed by atoms with Gasteiger partial charge in [-0.05, 0) is 71.4 Å². The molecule has 0 unspecified atom stereocenters. The SMILES string of the molecule is COc1cc(/C=C2/SC(=O)N(CC(=O)Nc3ccc(F)c(Cl)c3)C2=O)ccc1OCc1ccc([N+](=O)[O-])cc1. The van der Waals surface area contributed by atoms with Crippen LogP contribution in [-0.4, -0.2) is 40.5 Å². The van der Waals surface area contributed by atoms with Gasteiger partial charge in [-0.2, -0.15) is 0 Å². The van der Waals surface area contributed by atoms with Crippen LogP contribution in [0.25, 0.3) is 6.08 Å². The number of nitrogens with one attached hydrogen (secondary N) is 1. The number of hydrogen-bond acceptors (Lipinski definition) is 8. The predicted molar refractivity (Wildman–Crippen MR) is 143 cm³/mol. The average Bonchev–Trinajstić information content (AvgIpc) is 3.17. The molecule has 39 heavy (non-hydrogen) atoms. The van der Waals surface area contributed by atoms with Crippen LogP contribution in [0.5, 0.6) is 11.5 Å². The minimum absolute atomic E-state index is 0.0245. The second-order valence-corrected chi connectivity index (χ2v) is 9.47. The number of nitro groups is 1. The number of rotatable bonds is 9. The first kappa shape index (κ1) is 27.6. The maximum atomic E-state index is 13.3. The number of anilines is 1. The van der Waals surface area contributed by atoms with Gasteiger partial charge >= 0.3 is 0 Å². The van der Waals surface area contributed by atoms with Crippen molar-refractivity contribution in [2.75, 3.05) is 19.0 Å². The number of benzene rings is 3. The summed E-state index contributed by atoms with van der Waals surface area (Å²) >= 11 is 6.39. The summed E-state index contributed by atoms with van der Waals surface area (Å²) in [5, 5.41) is 12.5. The van der Waals surface area contributed by atoms with E-state index in [2.05, 4.69) is 5.32 Å². The fraction of sp³-hybridized carbons (Fsp3) is 0.115. The summed E-state index contributed by atoms with van der Waals surface area (Å²) in [6.07, 6.45) is 1.49. The molecule has 0 aliphatic carbocycles. The molecule has 1 aliphatic rings. The smallest absolute Gasteiger partial charge is 0.294 e. The van der Waals surface area contributed by atoms with E-state index in [-0.39, 0.29) is 27.9 Å². The van der Waals surface area contributed by atoms with E-state index in [1.165, 1.54) is 37.5 Å². The van der Waals surface area contributed by atoms with Gasteiger partial charge in [-0.15, -0.1) is 0 Å².